The van der Waals surface area contributed by atoms with Gasteiger partial charge in [-0.05, 0) is 6.07 Å². The molecule has 0 amide bonds. The second kappa shape index (κ2) is 2.86. The number of hydrogen-bond donors (Lipinski definition) is 1. The van der Waals surface area contributed by atoms with Gasteiger partial charge in [-0.15, -0.1) is 0 Å². The Labute approximate surface area is 74.6 Å². The highest BCUT2D eigenvalue weighted by atomic mass is 32.2. The average molecular weight is 203 g/mol. The van der Waals surface area contributed by atoms with E-state index in [4.69, 9.17) is 5.14 Å². The summed E-state index contributed by atoms with van der Waals surface area (Å²) in [5.41, 5.74) is -0.232. The van der Waals surface area contributed by atoms with Crippen molar-refractivity contribution in [2.24, 2.45) is 12.2 Å². The fraction of sp³-hybridized carbons (Fsp3) is 0.167. The third-order valence-electron chi connectivity index (χ3n) is 1.52. The number of hydrogen-bond acceptors (Lipinski definition) is 4. The van der Waals surface area contributed by atoms with Crippen LogP contribution in [0.1, 0.15) is 10.5 Å². The van der Waals surface area contributed by atoms with Crippen molar-refractivity contribution in [1.82, 2.24) is 4.57 Å². The SMILES string of the molecule is Cn1cc(S(N)(=O)=O)cc1C(=O)[O-]. The van der Waals surface area contributed by atoms with Gasteiger partial charge in [0.05, 0.1) is 11.7 Å². The van der Waals surface area contributed by atoms with Crippen molar-refractivity contribution < 1.29 is 18.3 Å². The predicted octanol–water partition coefficient (Wildman–Crippen LogP) is -1.96. The van der Waals surface area contributed by atoms with Crippen LogP contribution in [0.4, 0.5) is 0 Å². The molecule has 0 unspecified atom stereocenters. The summed E-state index contributed by atoms with van der Waals surface area (Å²) >= 11 is 0. The number of carbonyl (C=O) groups excluding carboxylic acids is 1. The molecule has 1 aromatic heterocycles. The van der Waals surface area contributed by atoms with Crippen LogP contribution in [0.5, 0.6) is 0 Å². The minimum atomic E-state index is -3.85. The topological polar surface area (TPSA) is 105 Å². The van der Waals surface area contributed by atoms with Gasteiger partial charge in [0.15, 0.2) is 0 Å². The van der Waals surface area contributed by atoms with Gasteiger partial charge in [-0.3, -0.25) is 0 Å². The van der Waals surface area contributed by atoms with Crippen LogP contribution < -0.4 is 10.2 Å². The summed E-state index contributed by atoms with van der Waals surface area (Å²) in [7, 11) is -2.46. The fourth-order valence-electron chi connectivity index (χ4n) is 0.893. The summed E-state index contributed by atoms with van der Waals surface area (Å²) in [6, 6.07) is 0.949. The monoisotopic (exact) mass is 203 g/mol. The van der Waals surface area contributed by atoms with Crippen LogP contribution in [0.15, 0.2) is 17.2 Å². The van der Waals surface area contributed by atoms with Gasteiger partial charge in [0.2, 0.25) is 10.0 Å². The maximum atomic E-state index is 10.8. The second-order valence-corrected chi connectivity index (χ2v) is 4.07. The number of rotatable bonds is 2. The molecule has 0 saturated heterocycles. The number of aromatic nitrogens is 1. The Balaban J connectivity index is 3.33. The summed E-state index contributed by atoms with van der Waals surface area (Å²) in [4.78, 5) is 10.2. The van der Waals surface area contributed by atoms with E-state index < -0.39 is 16.0 Å². The molecule has 72 valence electrons. The summed E-state index contributed by atoms with van der Waals surface area (Å²) in [5.74, 6) is -1.45. The maximum Gasteiger partial charge on any atom is 0.239 e. The number of sulfonamides is 1. The van der Waals surface area contributed by atoms with Gasteiger partial charge in [0.1, 0.15) is 4.90 Å². The van der Waals surface area contributed by atoms with Gasteiger partial charge in [-0.25, -0.2) is 13.6 Å². The Morgan fingerprint density at radius 1 is 1.62 bits per heavy atom. The van der Waals surface area contributed by atoms with Crippen LogP contribution in [0.2, 0.25) is 0 Å². The number of nitrogens with two attached hydrogens (primary N) is 1. The van der Waals surface area contributed by atoms with Gasteiger partial charge < -0.3 is 14.5 Å². The van der Waals surface area contributed by atoms with Crippen molar-refractivity contribution in [3.63, 3.8) is 0 Å². The van der Waals surface area contributed by atoms with Gasteiger partial charge in [-0.2, -0.15) is 0 Å². The zero-order valence-corrected chi connectivity index (χ0v) is 7.54. The van der Waals surface area contributed by atoms with Crippen LogP contribution in [0, 0.1) is 0 Å². The zero-order chi connectivity index (χ0) is 10.2. The maximum absolute atomic E-state index is 10.8. The molecular formula is C6H7N2O4S-. The highest BCUT2D eigenvalue weighted by Crippen LogP contribution is 2.10. The van der Waals surface area contributed by atoms with E-state index in [2.05, 4.69) is 0 Å². The normalized spacial score (nSPS) is 11.5. The molecule has 2 N–H and O–H groups in total. The summed E-state index contributed by atoms with van der Waals surface area (Å²) in [6.45, 7) is 0. The number of carbonyl (C=O) groups is 1. The molecule has 0 aromatic carbocycles. The van der Waals surface area contributed by atoms with E-state index in [1.165, 1.54) is 7.05 Å². The molecule has 1 heterocycles. The average Bonchev–Trinajstić information content (AvgIpc) is 2.29. The van der Waals surface area contributed by atoms with E-state index in [-0.39, 0.29) is 10.6 Å². The van der Waals surface area contributed by atoms with Crippen molar-refractivity contribution in [2.75, 3.05) is 0 Å². The number of aromatic carboxylic acids is 1. The minimum absolute atomic E-state index is 0.232. The highest BCUT2D eigenvalue weighted by molar-refractivity contribution is 7.89. The standard InChI is InChI=1S/C6H8N2O4S/c1-8-3-4(13(7,11)12)2-5(8)6(9)10/h2-3H,1H3,(H,9,10)(H2,7,11,12)/p-1. The predicted molar refractivity (Wildman–Crippen MR) is 41.1 cm³/mol. The van der Waals surface area contributed by atoms with Crippen LogP contribution in [0.3, 0.4) is 0 Å². The zero-order valence-electron chi connectivity index (χ0n) is 6.72. The molecule has 0 atom stereocenters. The van der Waals surface area contributed by atoms with E-state index in [0.29, 0.717) is 0 Å². The Morgan fingerprint density at radius 3 is 2.38 bits per heavy atom. The molecule has 6 nitrogen and oxygen atoms in total. The van der Waals surface area contributed by atoms with E-state index in [9.17, 15) is 18.3 Å². The van der Waals surface area contributed by atoms with Crippen LogP contribution >= 0.6 is 0 Å². The number of nitrogens with zero attached hydrogens (tertiary/aromatic N) is 1. The lowest BCUT2D eigenvalue weighted by molar-refractivity contribution is -0.255. The Hall–Kier alpha value is -1.34. The Kier molecular flexibility index (Phi) is 2.14. The van der Waals surface area contributed by atoms with Crippen LogP contribution in [-0.4, -0.2) is 19.0 Å². The lowest BCUT2D eigenvalue weighted by Gasteiger charge is -2.00. The highest BCUT2D eigenvalue weighted by Gasteiger charge is 2.12. The number of aryl methyl sites for hydroxylation is 1. The first-order valence-electron chi connectivity index (χ1n) is 3.23. The molecule has 1 rings (SSSR count). The van der Waals surface area contributed by atoms with Gasteiger partial charge >= 0.3 is 0 Å². The molecule has 0 fully saturated rings. The first-order valence-corrected chi connectivity index (χ1v) is 4.77. The van der Waals surface area contributed by atoms with Crippen molar-refractivity contribution in [1.29, 1.82) is 0 Å². The van der Waals surface area contributed by atoms with Gasteiger partial charge in [0, 0.05) is 13.2 Å². The van der Waals surface area contributed by atoms with Crippen molar-refractivity contribution in [2.45, 2.75) is 4.90 Å². The van der Waals surface area contributed by atoms with E-state index >= 15 is 0 Å². The lowest BCUT2D eigenvalue weighted by Crippen LogP contribution is -2.24. The lowest BCUT2D eigenvalue weighted by atomic mass is 10.4. The first kappa shape index (κ1) is 9.75. The number of primary sulfonamides is 1. The molecule has 0 radical (unpaired) electrons. The largest absolute Gasteiger partial charge is 0.543 e. The molecule has 0 spiro atoms. The Morgan fingerprint density at radius 2 is 2.15 bits per heavy atom. The fourth-order valence-corrected chi connectivity index (χ4v) is 1.47. The van der Waals surface area contributed by atoms with E-state index in [1.54, 1.807) is 0 Å². The van der Waals surface area contributed by atoms with Gasteiger partial charge in [-0.1, -0.05) is 0 Å². The van der Waals surface area contributed by atoms with Crippen LogP contribution in [0.25, 0.3) is 0 Å². The molecule has 1 aromatic rings. The van der Waals surface area contributed by atoms with Crippen molar-refractivity contribution in [3.8, 4) is 0 Å². The van der Waals surface area contributed by atoms with Crippen LogP contribution in [-0.2, 0) is 17.1 Å². The Bertz CT molecular complexity index is 445. The number of carboxylic acid groups (broad SMARTS) is 1. The molecule has 0 saturated carbocycles. The smallest absolute Gasteiger partial charge is 0.239 e. The molecule has 0 aliphatic rings. The minimum Gasteiger partial charge on any atom is -0.543 e. The third kappa shape index (κ3) is 1.87. The summed E-state index contributed by atoms with van der Waals surface area (Å²) in [6.07, 6.45) is 1.11. The molecule has 0 bridgehead atoms. The second-order valence-electron chi connectivity index (χ2n) is 2.50. The third-order valence-corrected chi connectivity index (χ3v) is 2.40. The molecule has 13 heavy (non-hydrogen) atoms. The van der Waals surface area contributed by atoms with Crippen molar-refractivity contribution >= 4 is 16.0 Å². The molecule has 0 aliphatic carbocycles. The molecular weight excluding hydrogens is 196 g/mol. The number of carboxylic acids is 1. The first-order chi connectivity index (χ1) is 5.82. The van der Waals surface area contributed by atoms with E-state index in [0.717, 1.165) is 16.8 Å². The van der Waals surface area contributed by atoms with Crippen molar-refractivity contribution in [3.05, 3.63) is 18.0 Å². The van der Waals surface area contributed by atoms with Gasteiger partial charge in [0.25, 0.3) is 0 Å². The molecule has 7 heteroatoms. The van der Waals surface area contributed by atoms with E-state index in [1.807, 2.05) is 0 Å². The quantitative estimate of drug-likeness (QED) is 0.602. The summed E-state index contributed by atoms with van der Waals surface area (Å²) < 4.78 is 22.7. The molecule has 0 aliphatic heterocycles. The summed E-state index contributed by atoms with van der Waals surface area (Å²) in [5, 5.41) is 15.2.